The first-order valence-corrected chi connectivity index (χ1v) is 8.63. The van der Waals surface area contributed by atoms with E-state index in [4.69, 9.17) is 27.9 Å². The van der Waals surface area contributed by atoms with Gasteiger partial charge in [0.15, 0.2) is 0 Å². The maximum Gasteiger partial charge on any atom is 0.203 e. The molecule has 122 valence electrons. The Bertz CT molecular complexity index is 863. The second kappa shape index (κ2) is 7.66. The molecule has 0 aliphatic carbocycles. The highest BCUT2D eigenvalue weighted by atomic mass is 35.5. The highest BCUT2D eigenvalue weighted by Crippen LogP contribution is 2.26. The normalized spacial score (nSPS) is 11.0. The SMILES string of the molecule is COc1ccc(-c2csc(N/N=C\c3ccc(Cl)c(Cl)c3)n2)cc1. The first-order chi connectivity index (χ1) is 11.7. The molecule has 1 heterocycles. The summed E-state index contributed by atoms with van der Waals surface area (Å²) in [6.07, 6.45) is 1.66. The van der Waals surface area contributed by atoms with Crippen molar-refractivity contribution < 1.29 is 4.74 Å². The van der Waals surface area contributed by atoms with Crippen LogP contribution >= 0.6 is 34.5 Å². The lowest BCUT2D eigenvalue weighted by atomic mass is 10.2. The van der Waals surface area contributed by atoms with Gasteiger partial charge in [-0.25, -0.2) is 4.98 Å². The molecule has 1 N–H and O–H groups in total. The van der Waals surface area contributed by atoms with Crippen LogP contribution in [0.5, 0.6) is 5.75 Å². The van der Waals surface area contributed by atoms with Crippen molar-refractivity contribution in [2.75, 3.05) is 12.5 Å². The highest BCUT2D eigenvalue weighted by molar-refractivity contribution is 7.14. The molecule has 0 amide bonds. The zero-order valence-electron chi connectivity index (χ0n) is 12.7. The topological polar surface area (TPSA) is 46.5 Å². The molecule has 3 rings (SSSR count). The number of hydrazone groups is 1. The van der Waals surface area contributed by atoms with E-state index in [0.717, 1.165) is 22.6 Å². The van der Waals surface area contributed by atoms with Crippen LogP contribution in [0.15, 0.2) is 52.9 Å². The summed E-state index contributed by atoms with van der Waals surface area (Å²) in [4.78, 5) is 4.50. The number of hydrogen-bond donors (Lipinski definition) is 1. The zero-order valence-corrected chi connectivity index (χ0v) is 15.0. The first-order valence-electron chi connectivity index (χ1n) is 7.00. The number of halogens is 2. The van der Waals surface area contributed by atoms with Gasteiger partial charge in [-0.15, -0.1) is 11.3 Å². The van der Waals surface area contributed by atoms with Gasteiger partial charge < -0.3 is 4.74 Å². The number of hydrogen-bond acceptors (Lipinski definition) is 5. The van der Waals surface area contributed by atoms with Crippen molar-refractivity contribution in [3.63, 3.8) is 0 Å². The van der Waals surface area contributed by atoms with Crippen molar-refractivity contribution in [1.82, 2.24) is 4.98 Å². The van der Waals surface area contributed by atoms with E-state index in [1.54, 1.807) is 25.5 Å². The Morgan fingerprint density at radius 3 is 2.62 bits per heavy atom. The largest absolute Gasteiger partial charge is 0.497 e. The van der Waals surface area contributed by atoms with Crippen LogP contribution in [0.4, 0.5) is 5.13 Å². The maximum absolute atomic E-state index is 5.97. The van der Waals surface area contributed by atoms with Crippen LogP contribution in [0.1, 0.15) is 5.56 Å². The lowest BCUT2D eigenvalue weighted by Crippen LogP contribution is -1.90. The standard InChI is InChI=1S/C17H13Cl2N3OS/c1-23-13-5-3-12(4-6-13)16-10-24-17(21-16)22-20-9-11-2-7-14(18)15(19)8-11/h2-10H,1H3,(H,21,22)/b20-9-. The fraction of sp³-hybridized carbons (Fsp3) is 0.0588. The molecule has 0 saturated heterocycles. The Balaban J connectivity index is 1.67. The predicted octanol–water partition coefficient (Wildman–Crippen LogP) is 5.57. The number of aromatic nitrogens is 1. The summed E-state index contributed by atoms with van der Waals surface area (Å²) in [6, 6.07) is 13.1. The minimum atomic E-state index is 0.497. The van der Waals surface area contributed by atoms with Gasteiger partial charge in [0.25, 0.3) is 0 Å². The summed E-state index contributed by atoms with van der Waals surface area (Å²) < 4.78 is 5.15. The number of rotatable bonds is 5. The molecule has 2 aromatic carbocycles. The van der Waals surface area contributed by atoms with E-state index in [9.17, 15) is 0 Å². The van der Waals surface area contributed by atoms with Crippen molar-refractivity contribution in [2.45, 2.75) is 0 Å². The molecule has 0 aliphatic rings. The van der Waals surface area contributed by atoms with E-state index in [2.05, 4.69) is 15.5 Å². The van der Waals surface area contributed by atoms with E-state index < -0.39 is 0 Å². The number of nitrogens with one attached hydrogen (secondary N) is 1. The Labute approximate surface area is 153 Å². The number of nitrogens with zero attached hydrogens (tertiary/aromatic N) is 2. The Morgan fingerprint density at radius 1 is 1.12 bits per heavy atom. The third-order valence-corrected chi connectivity index (χ3v) is 4.69. The van der Waals surface area contributed by atoms with E-state index in [0.29, 0.717) is 15.2 Å². The van der Waals surface area contributed by atoms with Crippen molar-refractivity contribution in [2.24, 2.45) is 5.10 Å². The van der Waals surface area contributed by atoms with Gasteiger partial charge in [0, 0.05) is 10.9 Å². The molecule has 0 saturated carbocycles. The average Bonchev–Trinajstić information content (AvgIpc) is 3.07. The van der Waals surface area contributed by atoms with E-state index in [-0.39, 0.29) is 0 Å². The minimum absolute atomic E-state index is 0.497. The molecule has 0 aliphatic heterocycles. The lowest BCUT2D eigenvalue weighted by Gasteiger charge is -2.00. The van der Waals surface area contributed by atoms with Crippen LogP contribution in [0.3, 0.4) is 0 Å². The van der Waals surface area contributed by atoms with Crippen LogP contribution in [-0.4, -0.2) is 18.3 Å². The van der Waals surface area contributed by atoms with Gasteiger partial charge in [0.05, 0.1) is 29.1 Å². The number of thiazole rings is 1. The molecule has 0 spiro atoms. The van der Waals surface area contributed by atoms with Crippen LogP contribution in [-0.2, 0) is 0 Å². The first kappa shape index (κ1) is 16.8. The fourth-order valence-corrected chi connectivity index (χ4v) is 2.95. The summed E-state index contributed by atoms with van der Waals surface area (Å²) in [5.74, 6) is 0.818. The molecule has 0 unspecified atom stereocenters. The van der Waals surface area contributed by atoms with Crippen molar-refractivity contribution >= 4 is 45.9 Å². The average molecular weight is 378 g/mol. The number of benzene rings is 2. The highest BCUT2D eigenvalue weighted by Gasteiger charge is 2.04. The summed E-state index contributed by atoms with van der Waals surface area (Å²) in [6.45, 7) is 0. The van der Waals surface area contributed by atoms with E-state index in [1.165, 1.54) is 11.3 Å². The monoisotopic (exact) mass is 377 g/mol. The minimum Gasteiger partial charge on any atom is -0.497 e. The molecule has 24 heavy (non-hydrogen) atoms. The maximum atomic E-state index is 5.97. The van der Waals surface area contributed by atoms with Gasteiger partial charge in [-0.2, -0.15) is 5.10 Å². The zero-order chi connectivity index (χ0) is 16.9. The summed E-state index contributed by atoms with van der Waals surface area (Å²) >= 11 is 13.3. The quantitative estimate of drug-likeness (QED) is 0.466. The number of anilines is 1. The van der Waals surface area contributed by atoms with Gasteiger partial charge in [0.1, 0.15) is 5.75 Å². The molecule has 0 fully saturated rings. The van der Waals surface area contributed by atoms with Gasteiger partial charge in [-0.1, -0.05) is 29.3 Å². The second-order valence-corrected chi connectivity index (χ2v) is 6.48. The predicted molar refractivity (Wildman–Crippen MR) is 102 cm³/mol. The Kier molecular flexibility index (Phi) is 5.35. The van der Waals surface area contributed by atoms with E-state index >= 15 is 0 Å². The van der Waals surface area contributed by atoms with Crippen LogP contribution in [0.2, 0.25) is 10.0 Å². The van der Waals surface area contributed by atoms with Gasteiger partial charge in [-0.05, 0) is 42.0 Å². The molecule has 0 atom stereocenters. The number of ether oxygens (including phenoxy) is 1. The summed E-state index contributed by atoms with van der Waals surface area (Å²) in [7, 11) is 1.64. The van der Waals surface area contributed by atoms with Gasteiger partial charge in [-0.3, -0.25) is 5.43 Å². The molecule has 0 bridgehead atoms. The summed E-state index contributed by atoms with van der Waals surface area (Å²) in [5.41, 5.74) is 5.67. The Morgan fingerprint density at radius 2 is 1.92 bits per heavy atom. The van der Waals surface area contributed by atoms with Crippen LogP contribution < -0.4 is 10.2 Å². The number of methoxy groups -OCH3 is 1. The third kappa shape index (κ3) is 4.06. The molecule has 3 aromatic rings. The van der Waals surface area contributed by atoms with Crippen LogP contribution in [0, 0.1) is 0 Å². The fourth-order valence-electron chi connectivity index (χ4n) is 1.97. The second-order valence-electron chi connectivity index (χ2n) is 4.81. The molecular formula is C17H13Cl2N3OS. The van der Waals surface area contributed by atoms with E-state index in [1.807, 2.05) is 35.7 Å². The van der Waals surface area contributed by atoms with Crippen molar-refractivity contribution in [3.8, 4) is 17.0 Å². The van der Waals surface area contributed by atoms with Gasteiger partial charge >= 0.3 is 0 Å². The van der Waals surface area contributed by atoms with Crippen molar-refractivity contribution in [1.29, 1.82) is 0 Å². The molecule has 0 radical (unpaired) electrons. The molecular weight excluding hydrogens is 365 g/mol. The van der Waals surface area contributed by atoms with Gasteiger partial charge in [0.2, 0.25) is 5.13 Å². The molecule has 7 heteroatoms. The Hall–Kier alpha value is -2.08. The van der Waals surface area contributed by atoms with Crippen molar-refractivity contribution in [3.05, 3.63) is 63.5 Å². The summed E-state index contributed by atoms with van der Waals surface area (Å²) in [5, 5.41) is 7.86. The van der Waals surface area contributed by atoms with Crippen LogP contribution in [0.25, 0.3) is 11.3 Å². The molecule has 4 nitrogen and oxygen atoms in total. The lowest BCUT2D eigenvalue weighted by molar-refractivity contribution is 0.415. The molecule has 1 aromatic heterocycles. The third-order valence-electron chi connectivity index (χ3n) is 3.21. The smallest absolute Gasteiger partial charge is 0.203 e.